The molecule has 2 aromatic carbocycles. The molecular weight excluding hydrogens is 414 g/mol. The van der Waals surface area contributed by atoms with Crippen molar-refractivity contribution in [1.82, 2.24) is 14.6 Å². The second-order valence-corrected chi connectivity index (χ2v) is 9.52. The van der Waals surface area contributed by atoms with Crippen molar-refractivity contribution in [2.75, 3.05) is 0 Å². The largest absolute Gasteiger partial charge is 0.478 e. The van der Waals surface area contributed by atoms with Crippen LogP contribution in [0.15, 0.2) is 42.6 Å². The van der Waals surface area contributed by atoms with Crippen LogP contribution < -0.4 is 5.48 Å². The Balaban J connectivity index is 1.71. The van der Waals surface area contributed by atoms with Gasteiger partial charge >= 0.3 is 5.97 Å². The van der Waals surface area contributed by atoms with Crippen LogP contribution in [0.1, 0.15) is 65.9 Å². The number of hydrogen-bond donors (Lipinski definition) is 3. The topological polar surface area (TPSA) is 79.4 Å². The minimum absolute atomic E-state index is 0.345. The fraction of sp³-hybridized carbons (Fsp3) is 0.370. The third-order valence-corrected chi connectivity index (χ3v) is 7.65. The van der Waals surface area contributed by atoms with Crippen molar-refractivity contribution in [2.45, 2.75) is 64.1 Å². The van der Waals surface area contributed by atoms with Crippen LogP contribution in [0.3, 0.4) is 0 Å². The molecule has 0 saturated heterocycles. The van der Waals surface area contributed by atoms with Crippen molar-refractivity contribution in [3.05, 3.63) is 59.3 Å². The zero-order valence-electron chi connectivity index (χ0n) is 18.7. The summed E-state index contributed by atoms with van der Waals surface area (Å²) in [4.78, 5) is 11.8. The monoisotopic (exact) mass is 443 g/mol. The van der Waals surface area contributed by atoms with E-state index in [1.54, 1.807) is 6.07 Å². The van der Waals surface area contributed by atoms with Gasteiger partial charge in [-0.05, 0) is 48.4 Å². The maximum absolute atomic E-state index is 11.8. The van der Waals surface area contributed by atoms with Gasteiger partial charge in [0.1, 0.15) is 0 Å². The van der Waals surface area contributed by atoms with Gasteiger partial charge in [0.25, 0.3) is 0 Å². The molecular formula is C27H29N3O3. The first-order valence-corrected chi connectivity index (χ1v) is 12.0. The van der Waals surface area contributed by atoms with Crippen molar-refractivity contribution in [2.24, 2.45) is 0 Å². The Morgan fingerprint density at radius 3 is 2.67 bits per heavy atom. The number of para-hydroxylation sites is 1. The molecule has 4 aromatic rings. The fourth-order valence-electron chi connectivity index (χ4n) is 6.26. The van der Waals surface area contributed by atoms with Gasteiger partial charge in [-0.3, -0.25) is 0 Å². The smallest absolute Gasteiger partial charge is 0.335 e. The molecule has 0 bridgehead atoms. The molecule has 2 aliphatic rings. The molecule has 1 aliphatic heterocycles. The summed E-state index contributed by atoms with van der Waals surface area (Å²) < 4.78 is 4.73. The van der Waals surface area contributed by atoms with Crippen molar-refractivity contribution in [1.29, 1.82) is 0 Å². The first kappa shape index (κ1) is 20.5. The average Bonchev–Trinajstić information content (AvgIpc) is 3.34. The Hall–Kier alpha value is -3.09. The number of nitrogens with zero attached hydrogens (tertiary/aromatic N) is 2. The number of benzene rings is 2. The standard InChI is InChI=1S/C27H29N3O3/c31-27(32)18-10-11-21-23(14-18)30-13-5-12-29-16-19(15-28-33)20-8-4-9-22(25(20)29)26(30)24(21)17-6-2-1-3-7-17/h4,8-11,14,16-17,28,33H,1-3,5-7,12-13,15H2,(H,31,32). The van der Waals surface area contributed by atoms with Crippen LogP contribution in [0.5, 0.6) is 0 Å². The van der Waals surface area contributed by atoms with Gasteiger partial charge in [0.15, 0.2) is 0 Å². The molecule has 33 heavy (non-hydrogen) atoms. The molecule has 1 fully saturated rings. The van der Waals surface area contributed by atoms with Gasteiger partial charge in [-0.25, -0.2) is 10.3 Å². The molecule has 6 heteroatoms. The summed E-state index contributed by atoms with van der Waals surface area (Å²) in [5.41, 5.74) is 9.88. The van der Waals surface area contributed by atoms with E-state index in [1.165, 1.54) is 59.8 Å². The number of carbonyl (C=O) groups is 1. The third kappa shape index (κ3) is 3.20. The van der Waals surface area contributed by atoms with Crippen LogP contribution in [-0.2, 0) is 19.6 Å². The number of carboxylic acids is 1. The Morgan fingerprint density at radius 2 is 1.88 bits per heavy atom. The number of aromatic carboxylic acids is 1. The highest BCUT2D eigenvalue weighted by Crippen LogP contribution is 2.46. The van der Waals surface area contributed by atoms with Gasteiger partial charge in [0.05, 0.1) is 16.8 Å². The maximum Gasteiger partial charge on any atom is 0.335 e. The number of hydrogen-bond acceptors (Lipinski definition) is 3. The van der Waals surface area contributed by atoms with Gasteiger partial charge in [-0.2, -0.15) is 0 Å². The summed E-state index contributed by atoms with van der Waals surface area (Å²) >= 11 is 0. The SMILES string of the molecule is O=C(O)c1ccc2c(C3CCCCC3)c3n(c2c1)CCCn1cc(CNO)c2cccc-3c21. The quantitative estimate of drug-likeness (QED) is 0.344. The predicted octanol–water partition coefficient (Wildman–Crippen LogP) is 5.89. The van der Waals surface area contributed by atoms with Gasteiger partial charge in [0.2, 0.25) is 0 Å². The number of aryl methyl sites for hydroxylation is 2. The number of carboxylic acid groups (broad SMARTS) is 1. The summed E-state index contributed by atoms with van der Waals surface area (Å²) in [6, 6.07) is 12.1. The molecule has 0 spiro atoms. The molecule has 0 radical (unpaired) electrons. The van der Waals surface area contributed by atoms with Crippen LogP contribution in [0.2, 0.25) is 0 Å². The first-order valence-electron chi connectivity index (χ1n) is 12.0. The van der Waals surface area contributed by atoms with E-state index in [1.807, 2.05) is 12.1 Å². The van der Waals surface area contributed by atoms with Crippen molar-refractivity contribution in [3.8, 4) is 11.3 Å². The van der Waals surface area contributed by atoms with Crippen LogP contribution in [0.4, 0.5) is 0 Å². The molecule has 3 N–H and O–H groups in total. The third-order valence-electron chi connectivity index (χ3n) is 7.65. The highest BCUT2D eigenvalue weighted by atomic mass is 16.5. The van der Waals surface area contributed by atoms with Gasteiger partial charge < -0.3 is 19.4 Å². The minimum Gasteiger partial charge on any atom is -0.478 e. The minimum atomic E-state index is -0.880. The van der Waals surface area contributed by atoms with E-state index >= 15 is 0 Å². The van der Waals surface area contributed by atoms with E-state index in [-0.39, 0.29) is 0 Å². The first-order chi connectivity index (χ1) is 16.2. The van der Waals surface area contributed by atoms with E-state index in [2.05, 4.69) is 39.0 Å². The van der Waals surface area contributed by atoms with E-state index in [4.69, 9.17) is 0 Å². The molecule has 0 atom stereocenters. The van der Waals surface area contributed by atoms with Crippen LogP contribution in [-0.4, -0.2) is 25.4 Å². The lowest BCUT2D eigenvalue weighted by atomic mass is 9.81. The van der Waals surface area contributed by atoms with E-state index in [0.717, 1.165) is 36.0 Å². The molecule has 6 rings (SSSR count). The maximum atomic E-state index is 11.8. The summed E-state index contributed by atoms with van der Waals surface area (Å²) in [5, 5.41) is 21.4. The lowest BCUT2D eigenvalue weighted by molar-refractivity contribution is 0.0697. The number of hydroxylamine groups is 1. The number of rotatable bonds is 4. The highest BCUT2D eigenvalue weighted by molar-refractivity contribution is 6.03. The normalized spacial score (nSPS) is 16.6. The zero-order chi connectivity index (χ0) is 22.5. The van der Waals surface area contributed by atoms with E-state index in [0.29, 0.717) is 18.0 Å². The fourth-order valence-corrected chi connectivity index (χ4v) is 6.26. The molecule has 1 saturated carbocycles. The molecule has 1 aliphatic carbocycles. The van der Waals surface area contributed by atoms with E-state index < -0.39 is 5.97 Å². The van der Waals surface area contributed by atoms with Crippen molar-refractivity contribution >= 4 is 27.8 Å². The lowest BCUT2D eigenvalue weighted by Crippen LogP contribution is -2.11. The molecule has 2 aromatic heterocycles. The van der Waals surface area contributed by atoms with Crippen molar-refractivity contribution in [3.63, 3.8) is 0 Å². The van der Waals surface area contributed by atoms with Gasteiger partial charge in [-0.1, -0.05) is 43.5 Å². The van der Waals surface area contributed by atoms with E-state index in [9.17, 15) is 15.1 Å². The molecule has 3 heterocycles. The summed E-state index contributed by atoms with van der Waals surface area (Å²) in [6.07, 6.45) is 9.28. The number of fused-ring (bicyclic) bond motifs is 4. The number of aromatic nitrogens is 2. The van der Waals surface area contributed by atoms with Crippen LogP contribution >= 0.6 is 0 Å². The Morgan fingerprint density at radius 1 is 1.03 bits per heavy atom. The Labute approximate surface area is 192 Å². The van der Waals surface area contributed by atoms with Gasteiger partial charge in [-0.15, -0.1) is 0 Å². The van der Waals surface area contributed by atoms with Gasteiger partial charge in [0, 0.05) is 47.7 Å². The molecule has 0 unspecified atom stereocenters. The zero-order valence-corrected chi connectivity index (χ0v) is 18.7. The average molecular weight is 444 g/mol. The second kappa shape index (κ2) is 8.04. The van der Waals surface area contributed by atoms with Crippen molar-refractivity contribution < 1.29 is 15.1 Å². The highest BCUT2D eigenvalue weighted by Gasteiger charge is 2.29. The summed E-state index contributed by atoms with van der Waals surface area (Å²) in [6.45, 7) is 2.14. The summed E-state index contributed by atoms with van der Waals surface area (Å²) in [7, 11) is 0. The second-order valence-electron chi connectivity index (χ2n) is 9.52. The number of nitrogens with one attached hydrogen (secondary N) is 1. The Bertz CT molecular complexity index is 1370. The van der Waals surface area contributed by atoms with Crippen LogP contribution in [0, 0.1) is 0 Å². The predicted molar refractivity (Wildman–Crippen MR) is 129 cm³/mol. The lowest BCUT2D eigenvalue weighted by Gasteiger charge is -2.25. The Kier molecular flexibility index (Phi) is 5.00. The summed E-state index contributed by atoms with van der Waals surface area (Å²) in [5.74, 6) is -0.389. The molecule has 6 nitrogen and oxygen atoms in total. The molecule has 170 valence electrons. The van der Waals surface area contributed by atoms with Crippen LogP contribution in [0.25, 0.3) is 33.1 Å². The molecule has 0 amide bonds.